The second kappa shape index (κ2) is 9.51. The molecule has 0 saturated heterocycles. The maximum atomic E-state index is 13.8. The lowest BCUT2D eigenvalue weighted by Gasteiger charge is -2.16. The third-order valence-corrected chi connectivity index (χ3v) is 7.52. The highest BCUT2D eigenvalue weighted by Crippen LogP contribution is 2.59. The van der Waals surface area contributed by atoms with Gasteiger partial charge < -0.3 is 0 Å². The van der Waals surface area contributed by atoms with Crippen LogP contribution in [-0.2, 0) is 24.7 Å². The summed E-state index contributed by atoms with van der Waals surface area (Å²) in [5.74, 6) is 0. The molecule has 6 rings (SSSR count). The quantitative estimate of drug-likeness (QED) is 0.194. The predicted octanol–water partition coefficient (Wildman–Crippen LogP) is 11.0. The van der Waals surface area contributed by atoms with E-state index in [-0.39, 0.29) is 55.7 Å². The smallest absolute Gasteiger partial charge is 0.166 e. The van der Waals surface area contributed by atoms with Crippen LogP contribution in [0.15, 0.2) is 84.9 Å². The van der Waals surface area contributed by atoms with E-state index < -0.39 is 47.0 Å². The van der Waals surface area contributed by atoms with Crippen LogP contribution in [0.2, 0.25) is 0 Å². The molecule has 0 aliphatic heterocycles. The molecule has 2 aliphatic carbocycles. The van der Waals surface area contributed by atoms with Crippen LogP contribution in [0.25, 0.3) is 22.3 Å². The number of fused-ring (bicyclic) bond motifs is 5. The van der Waals surface area contributed by atoms with Crippen LogP contribution in [0.3, 0.4) is 0 Å². The molecule has 0 fully saturated rings. The average Bonchev–Trinajstić information content (AvgIpc) is 3.43. The van der Waals surface area contributed by atoms with Gasteiger partial charge in [-0.05, 0) is 104 Å². The van der Waals surface area contributed by atoms with Crippen molar-refractivity contribution in [1.29, 1.82) is 0 Å². The summed E-state index contributed by atoms with van der Waals surface area (Å²) >= 11 is 0. The van der Waals surface area contributed by atoms with Crippen LogP contribution in [0.4, 0.5) is 52.7 Å². The SMILES string of the molecule is FC(F)(F)c1ccc(C2=C3C(=C(c4ccc(C(F)(F)F)cc4)c4cc(C(F)(F)F)ccc43)c3ccc(C(F)(F)F)cc32)cc1. The van der Waals surface area contributed by atoms with Crippen molar-refractivity contribution in [3.8, 4) is 0 Å². The highest BCUT2D eigenvalue weighted by molar-refractivity contribution is 6.35. The lowest BCUT2D eigenvalue weighted by Crippen LogP contribution is -2.07. The molecule has 0 nitrogen and oxygen atoms in total. The minimum absolute atomic E-state index is 0.0396. The first-order chi connectivity index (χ1) is 20.4. The summed E-state index contributed by atoms with van der Waals surface area (Å²) < 4.78 is 162. The number of benzene rings is 4. The maximum absolute atomic E-state index is 13.8. The first-order valence-electron chi connectivity index (χ1n) is 12.6. The second-order valence-electron chi connectivity index (χ2n) is 10.2. The first kappa shape index (κ1) is 29.6. The Bertz CT molecular complexity index is 1720. The Labute approximate surface area is 240 Å². The third-order valence-electron chi connectivity index (χ3n) is 7.52. The highest BCUT2D eigenvalue weighted by atomic mass is 19.4. The Morgan fingerprint density at radius 3 is 0.818 bits per heavy atom. The van der Waals surface area contributed by atoms with Gasteiger partial charge in [0.2, 0.25) is 0 Å². The number of halogens is 12. The summed E-state index contributed by atoms with van der Waals surface area (Å²) in [4.78, 5) is 0. The van der Waals surface area contributed by atoms with Crippen molar-refractivity contribution in [1.82, 2.24) is 0 Å². The molecule has 0 unspecified atom stereocenters. The third kappa shape index (κ3) is 4.86. The van der Waals surface area contributed by atoms with Crippen molar-refractivity contribution in [2.24, 2.45) is 0 Å². The van der Waals surface area contributed by atoms with Crippen LogP contribution < -0.4 is 0 Å². The Balaban J connectivity index is 1.70. The lowest BCUT2D eigenvalue weighted by atomic mass is 9.90. The Kier molecular flexibility index (Phi) is 6.39. The van der Waals surface area contributed by atoms with Gasteiger partial charge in [0, 0.05) is 0 Å². The molecule has 4 aromatic rings. The predicted molar refractivity (Wildman–Crippen MR) is 138 cm³/mol. The summed E-state index contributed by atoms with van der Waals surface area (Å²) in [7, 11) is 0. The van der Waals surface area contributed by atoms with E-state index in [1.807, 2.05) is 0 Å². The van der Waals surface area contributed by atoms with Gasteiger partial charge in [-0.15, -0.1) is 0 Å². The molecule has 0 heterocycles. The molecule has 0 N–H and O–H groups in total. The Hall–Kier alpha value is -4.48. The number of alkyl halides is 12. The summed E-state index contributed by atoms with van der Waals surface area (Å²) in [6.45, 7) is 0. The van der Waals surface area contributed by atoms with Gasteiger partial charge in [0.25, 0.3) is 0 Å². The zero-order valence-electron chi connectivity index (χ0n) is 21.6. The molecule has 0 amide bonds. The van der Waals surface area contributed by atoms with Crippen LogP contribution in [0, 0.1) is 0 Å². The molecule has 0 atom stereocenters. The van der Waals surface area contributed by atoms with Crippen molar-refractivity contribution >= 4 is 22.3 Å². The molecule has 44 heavy (non-hydrogen) atoms. The van der Waals surface area contributed by atoms with Crippen molar-refractivity contribution in [2.75, 3.05) is 0 Å². The number of rotatable bonds is 2. The van der Waals surface area contributed by atoms with Crippen LogP contribution >= 0.6 is 0 Å². The fourth-order valence-corrected chi connectivity index (χ4v) is 5.60. The Morgan fingerprint density at radius 2 is 0.545 bits per heavy atom. The largest absolute Gasteiger partial charge is 0.416 e. The lowest BCUT2D eigenvalue weighted by molar-refractivity contribution is -0.138. The van der Waals surface area contributed by atoms with E-state index in [0.717, 1.165) is 84.9 Å². The van der Waals surface area contributed by atoms with Gasteiger partial charge in [0.05, 0.1) is 22.3 Å². The van der Waals surface area contributed by atoms with Gasteiger partial charge in [-0.2, -0.15) is 52.7 Å². The minimum atomic E-state index is -4.81. The molecule has 2 aliphatic rings. The normalized spacial score (nSPS) is 15.1. The minimum Gasteiger partial charge on any atom is -0.166 e. The summed E-state index contributed by atoms with van der Waals surface area (Å²) in [6.07, 6.45) is -19.1. The fourth-order valence-electron chi connectivity index (χ4n) is 5.60. The standard InChI is InChI=1S/C32H14F12/c33-29(34,35)17-5-1-15(2-6-17)25-23-13-19(31(39,40)41)9-11-21(23)28-26(16-3-7-18(8-4-16)30(36,37)38)24-14-20(32(42,43)44)10-12-22(24)27(25)28/h1-14H. The number of hydrogen-bond donors (Lipinski definition) is 0. The number of allylic oxidation sites excluding steroid dienone is 2. The van der Waals surface area contributed by atoms with Crippen molar-refractivity contribution < 1.29 is 52.7 Å². The molecular weight excluding hydrogens is 612 g/mol. The van der Waals surface area contributed by atoms with Gasteiger partial charge in [0.15, 0.2) is 0 Å². The fraction of sp³-hybridized carbons (Fsp3) is 0.125. The topological polar surface area (TPSA) is 0 Å². The molecule has 0 saturated carbocycles. The highest BCUT2D eigenvalue weighted by Gasteiger charge is 2.42. The van der Waals surface area contributed by atoms with Gasteiger partial charge >= 0.3 is 24.7 Å². The van der Waals surface area contributed by atoms with Crippen LogP contribution in [0.1, 0.15) is 55.6 Å². The summed E-state index contributed by atoms with van der Waals surface area (Å²) in [5, 5.41) is 0. The molecule has 4 aromatic carbocycles. The van der Waals surface area contributed by atoms with E-state index in [0.29, 0.717) is 0 Å². The Morgan fingerprint density at radius 1 is 0.273 bits per heavy atom. The number of hydrogen-bond acceptors (Lipinski definition) is 0. The van der Waals surface area contributed by atoms with Gasteiger partial charge in [0.1, 0.15) is 0 Å². The molecule has 0 spiro atoms. The summed E-state index contributed by atoms with van der Waals surface area (Å²) in [6, 6.07) is 12.5. The van der Waals surface area contributed by atoms with E-state index in [1.54, 1.807) is 0 Å². The molecule has 0 aromatic heterocycles. The van der Waals surface area contributed by atoms with Crippen LogP contribution in [-0.4, -0.2) is 0 Å². The van der Waals surface area contributed by atoms with Crippen molar-refractivity contribution in [3.05, 3.63) is 141 Å². The zero-order chi connectivity index (χ0) is 32.0. The van der Waals surface area contributed by atoms with E-state index in [1.165, 1.54) is 0 Å². The first-order valence-corrected chi connectivity index (χ1v) is 12.6. The molecule has 0 radical (unpaired) electrons. The monoisotopic (exact) mass is 626 g/mol. The molecular formula is C32H14F12. The van der Waals surface area contributed by atoms with Crippen LogP contribution in [0.5, 0.6) is 0 Å². The molecule has 226 valence electrons. The average molecular weight is 626 g/mol. The molecule has 0 bridgehead atoms. The van der Waals surface area contributed by atoms with E-state index in [4.69, 9.17) is 0 Å². The van der Waals surface area contributed by atoms with E-state index >= 15 is 0 Å². The van der Waals surface area contributed by atoms with Crippen molar-refractivity contribution in [2.45, 2.75) is 24.7 Å². The van der Waals surface area contributed by atoms with Crippen molar-refractivity contribution in [3.63, 3.8) is 0 Å². The van der Waals surface area contributed by atoms with Gasteiger partial charge in [-0.1, -0.05) is 36.4 Å². The second-order valence-corrected chi connectivity index (χ2v) is 10.2. The van der Waals surface area contributed by atoms with E-state index in [2.05, 4.69) is 0 Å². The van der Waals surface area contributed by atoms with E-state index in [9.17, 15) is 52.7 Å². The van der Waals surface area contributed by atoms with Gasteiger partial charge in [-0.25, -0.2) is 0 Å². The summed E-state index contributed by atoms with van der Waals surface area (Å²) in [5.41, 5.74) is -3.55. The van der Waals surface area contributed by atoms with Gasteiger partial charge in [-0.3, -0.25) is 0 Å². The zero-order valence-corrected chi connectivity index (χ0v) is 21.6. The maximum Gasteiger partial charge on any atom is 0.416 e. The molecule has 12 heteroatoms.